The molecule has 9 heteroatoms. The predicted octanol–water partition coefficient (Wildman–Crippen LogP) is 5.83. The summed E-state index contributed by atoms with van der Waals surface area (Å²) in [5.74, 6) is -0.00365. The molecule has 0 radical (unpaired) electrons. The van der Waals surface area contributed by atoms with Gasteiger partial charge in [-0.25, -0.2) is 4.99 Å². The molecule has 0 aliphatic carbocycles. The van der Waals surface area contributed by atoms with Gasteiger partial charge in [-0.3, -0.25) is 14.5 Å². The number of aromatic amines is 1. The fourth-order valence-corrected chi connectivity index (χ4v) is 6.71. The smallest absolute Gasteiger partial charge is 0.266 e. The van der Waals surface area contributed by atoms with Crippen LogP contribution in [0, 0.1) is 0 Å². The molecule has 2 aliphatic heterocycles. The zero-order chi connectivity index (χ0) is 29.2. The predicted molar refractivity (Wildman–Crippen MR) is 172 cm³/mol. The Bertz CT molecular complexity index is 1870. The zero-order valence-electron chi connectivity index (χ0n) is 23.6. The highest BCUT2D eigenvalue weighted by atomic mass is 32.2. The summed E-state index contributed by atoms with van der Waals surface area (Å²) in [6.45, 7) is 3.10. The summed E-state index contributed by atoms with van der Waals surface area (Å²) in [6, 6.07) is 25.9. The van der Waals surface area contributed by atoms with E-state index in [0.29, 0.717) is 49.3 Å². The van der Waals surface area contributed by atoms with Crippen LogP contribution in [-0.2, 0) is 27.3 Å². The van der Waals surface area contributed by atoms with E-state index >= 15 is 0 Å². The Morgan fingerprint density at radius 2 is 1.70 bits per heavy atom. The van der Waals surface area contributed by atoms with Crippen molar-refractivity contribution in [2.24, 2.45) is 4.99 Å². The first-order chi connectivity index (χ1) is 21.1. The summed E-state index contributed by atoms with van der Waals surface area (Å²) in [7, 11) is 0. The summed E-state index contributed by atoms with van der Waals surface area (Å²) in [4.78, 5) is 39.5. The van der Waals surface area contributed by atoms with Crippen LogP contribution < -0.4 is 0 Å². The lowest BCUT2D eigenvalue weighted by Crippen LogP contribution is -2.42. The van der Waals surface area contributed by atoms with Gasteiger partial charge in [-0.15, -0.1) is 0 Å². The van der Waals surface area contributed by atoms with Gasteiger partial charge in [-0.2, -0.15) is 0 Å². The first kappa shape index (κ1) is 27.2. The summed E-state index contributed by atoms with van der Waals surface area (Å²) in [5, 5.41) is 2.82. The van der Waals surface area contributed by atoms with Crippen molar-refractivity contribution < 1.29 is 14.3 Å². The molecule has 0 unspecified atom stereocenters. The number of nitrogens with one attached hydrogen (secondary N) is 1. The van der Waals surface area contributed by atoms with E-state index in [2.05, 4.69) is 17.1 Å². The summed E-state index contributed by atoms with van der Waals surface area (Å²) in [5.41, 5.74) is 4.91. The maximum Gasteiger partial charge on any atom is 0.266 e. The van der Waals surface area contributed by atoms with E-state index in [1.807, 2.05) is 94.7 Å². The number of benzene rings is 3. The molecule has 0 bridgehead atoms. The Labute approximate surface area is 253 Å². The van der Waals surface area contributed by atoms with Crippen molar-refractivity contribution in [3.63, 3.8) is 0 Å². The molecule has 0 saturated carbocycles. The molecular formula is C34H31N5O3S. The minimum atomic E-state index is -0.0688. The molecule has 2 amide bonds. The van der Waals surface area contributed by atoms with Crippen LogP contribution in [0.5, 0.6) is 0 Å². The minimum absolute atomic E-state index is 0.0651. The van der Waals surface area contributed by atoms with Gasteiger partial charge in [0.1, 0.15) is 6.54 Å². The number of morpholine rings is 1. The SMILES string of the molecule is O=C(Cn1cc(/C=C2\SC(=Nc3ccccc3)N(CCc3c[nH]c4ccccc34)C2=O)c2ccccc21)N1CCOCC1. The van der Waals surface area contributed by atoms with Crippen LogP contribution >= 0.6 is 11.8 Å². The summed E-state index contributed by atoms with van der Waals surface area (Å²) < 4.78 is 7.40. The van der Waals surface area contributed by atoms with Gasteiger partial charge in [-0.1, -0.05) is 54.6 Å². The second-order valence-electron chi connectivity index (χ2n) is 10.6. The third kappa shape index (κ3) is 5.61. The molecule has 5 aromatic rings. The van der Waals surface area contributed by atoms with Gasteiger partial charge in [0.15, 0.2) is 5.17 Å². The zero-order valence-corrected chi connectivity index (χ0v) is 24.4. The molecule has 216 valence electrons. The van der Waals surface area contributed by atoms with E-state index in [4.69, 9.17) is 9.73 Å². The maximum atomic E-state index is 13.9. The number of thioether (sulfide) groups is 1. The monoisotopic (exact) mass is 589 g/mol. The molecule has 2 aromatic heterocycles. The number of amides is 2. The van der Waals surface area contributed by atoms with E-state index in [9.17, 15) is 9.59 Å². The van der Waals surface area contributed by atoms with Crippen LogP contribution in [0.3, 0.4) is 0 Å². The van der Waals surface area contributed by atoms with Gasteiger partial charge in [0.25, 0.3) is 5.91 Å². The average molecular weight is 590 g/mol. The first-order valence-electron chi connectivity index (χ1n) is 14.5. The fourth-order valence-electron chi connectivity index (χ4n) is 5.69. The van der Waals surface area contributed by atoms with E-state index in [0.717, 1.165) is 33.2 Å². The largest absolute Gasteiger partial charge is 0.378 e. The van der Waals surface area contributed by atoms with Crippen molar-refractivity contribution in [1.82, 2.24) is 19.4 Å². The number of fused-ring (bicyclic) bond motifs is 2. The number of hydrogen-bond acceptors (Lipinski definition) is 5. The molecular weight excluding hydrogens is 558 g/mol. The number of H-pyrrole nitrogens is 1. The van der Waals surface area contributed by atoms with Crippen molar-refractivity contribution in [3.05, 3.63) is 107 Å². The number of amidine groups is 1. The van der Waals surface area contributed by atoms with Gasteiger partial charge in [0.2, 0.25) is 5.91 Å². The van der Waals surface area contributed by atoms with E-state index in [-0.39, 0.29) is 18.4 Å². The van der Waals surface area contributed by atoms with Gasteiger partial charge in [0, 0.05) is 59.4 Å². The molecule has 0 atom stereocenters. The van der Waals surface area contributed by atoms with Crippen LogP contribution in [0.25, 0.3) is 27.9 Å². The lowest BCUT2D eigenvalue weighted by atomic mass is 10.1. The summed E-state index contributed by atoms with van der Waals surface area (Å²) >= 11 is 1.39. The molecule has 0 spiro atoms. The second kappa shape index (κ2) is 11.9. The summed E-state index contributed by atoms with van der Waals surface area (Å²) in [6.07, 6.45) is 6.64. The van der Waals surface area contributed by atoms with Crippen LogP contribution in [0.2, 0.25) is 0 Å². The quantitative estimate of drug-likeness (QED) is 0.242. The Morgan fingerprint density at radius 3 is 2.53 bits per heavy atom. The number of para-hydroxylation sites is 3. The number of carbonyl (C=O) groups excluding carboxylic acids is 2. The number of hydrogen-bond donors (Lipinski definition) is 1. The second-order valence-corrected chi connectivity index (χ2v) is 11.6. The Kier molecular flexibility index (Phi) is 7.57. The number of nitrogens with zero attached hydrogens (tertiary/aromatic N) is 4. The van der Waals surface area contributed by atoms with Crippen LogP contribution in [0.1, 0.15) is 11.1 Å². The Hall–Kier alpha value is -4.60. The topological polar surface area (TPSA) is 82.9 Å². The standard InChI is InChI=1S/C34H31N5O3S/c40-32(37-16-18-42-19-17-37)23-38-22-25(28-11-5-7-13-30(28)38)20-31-33(41)39(34(43-31)36-26-8-2-1-3-9-26)15-14-24-21-35-29-12-6-4-10-27(24)29/h1-13,20-22,35H,14-19,23H2/b31-20-,36-34?. The highest BCUT2D eigenvalue weighted by Gasteiger charge is 2.33. The van der Waals surface area contributed by atoms with Gasteiger partial charge in [0.05, 0.1) is 23.8 Å². The normalized spacial score (nSPS) is 17.6. The van der Waals surface area contributed by atoms with Gasteiger partial charge >= 0.3 is 0 Å². The molecule has 1 N–H and O–H groups in total. The molecule has 2 fully saturated rings. The van der Waals surface area contributed by atoms with Gasteiger partial charge in [-0.05, 0) is 54.1 Å². The number of carbonyl (C=O) groups is 2. The number of rotatable bonds is 7. The van der Waals surface area contributed by atoms with E-state index in [1.165, 1.54) is 17.1 Å². The molecule has 4 heterocycles. The van der Waals surface area contributed by atoms with Crippen molar-refractivity contribution in [1.29, 1.82) is 0 Å². The van der Waals surface area contributed by atoms with E-state index < -0.39 is 0 Å². The highest BCUT2D eigenvalue weighted by molar-refractivity contribution is 8.18. The minimum Gasteiger partial charge on any atom is -0.378 e. The van der Waals surface area contributed by atoms with Crippen molar-refractivity contribution >= 4 is 62.3 Å². The Balaban J connectivity index is 1.20. The van der Waals surface area contributed by atoms with Crippen molar-refractivity contribution in [2.45, 2.75) is 13.0 Å². The highest BCUT2D eigenvalue weighted by Crippen LogP contribution is 2.36. The van der Waals surface area contributed by atoms with Crippen LogP contribution in [-0.4, -0.2) is 69.2 Å². The fraction of sp³-hybridized carbons (Fsp3) is 0.206. The number of aliphatic imine (C=N–C) groups is 1. The van der Waals surface area contributed by atoms with Gasteiger partial charge < -0.3 is 19.2 Å². The average Bonchev–Trinajstić information content (AvgIpc) is 3.71. The van der Waals surface area contributed by atoms with Crippen molar-refractivity contribution in [2.75, 3.05) is 32.8 Å². The molecule has 43 heavy (non-hydrogen) atoms. The third-order valence-corrected chi connectivity index (χ3v) is 8.93. The maximum absolute atomic E-state index is 13.9. The molecule has 8 nitrogen and oxygen atoms in total. The Morgan fingerprint density at radius 1 is 0.953 bits per heavy atom. The van der Waals surface area contributed by atoms with Crippen molar-refractivity contribution in [3.8, 4) is 0 Å². The number of aromatic nitrogens is 2. The first-order valence-corrected chi connectivity index (χ1v) is 15.3. The number of ether oxygens (including phenoxy) is 1. The lowest BCUT2D eigenvalue weighted by molar-refractivity contribution is -0.135. The van der Waals surface area contributed by atoms with Crippen LogP contribution in [0.15, 0.2) is 101 Å². The molecule has 3 aromatic carbocycles. The molecule has 7 rings (SSSR count). The van der Waals surface area contributed by atoms with Crippen LogP contribution in [0.4, 0.5) is 5.69 Å². The van der Waals surface area contributed by atoms with E-state index in [1.54, 1.807) is 4.90 Å². The molecule has 2 saturated heterocycles. The lowest BCUT2D eigenvalue weighted by Gasteiger charge is -2.27. The third-order valence-electron chi connectivity index (χ3n) is 7.92. The molecule has 2 aliphatic rings.